The van der Waals surface area contributed by atoms with Gasteiger partial charge in [0, 0.05) is 17.5 Å². The lowest BCUT2D eigenvalue weighted by atomic mass is 10.2. The van der Waals surface area contributed by atoms with Gasteiger partial charge < -0.3 is 14.8 Å². The molecule has 1 aromatic heterocycles. The maximum Gasteiger partial charge on any atom is 0.134 e. The van der Waals surface area contributed by atoms with Crippen molar-refractivity contribution in [2.24, 2.45) is 4.99 Å². The number of hydrogen-bond donors (Lipinski definition) is 2. The molecule has 1 aromatic carbocycles. The van der Waals surface area contributed by atoms with Gasteiger partial charge in [0.2, 0.25) is 0 Å². The Kier molecular flexibility index (Phi) is 2.19. The molecule has 0 saturated heterocycles. The lowest BCUT2D eigenvalue weighted by Gasteiger charge is -2.06. The third kappa shape index (κ3) is 1.92. The fourth-order valence-corrected chi connectivity index (χ4v) is 1.66. The van der Waals surface area contributed by atoms with E-state index in [-0.39, 0.29) is 5.75 Å². The van der Waals surface area contributed by atoms with Crippen LogP contribution in [0.3, 0.4) is 0 Å². The Morgan fingerprint density at radius 2 is 2.24 bits per heavy atom. The average Bonchev–Trinajstić information content (AvgIpc) is 2.82. The Labute approximate surface area is 97.2 Å². The van der Waals surface area contributed by atoms with Crippen LogP contribution in [0, 0.1) is 0 Å². The van der Waals surface area contributed by atoms with Gasteiger partial charge in [0.25, 0.3) is 0 Å². The topological polar surface area (TPSA) is 57.8 Å². The minimum atomic E-state index is 0.232. The summed E-state index contributed by atoms with van der Waals surface area (Å²) >= 11 is 0. The number of phenols is 1. The third-order valence-corrected chi connectivity index (χ3v) is 2.45. The average molecular weight is 226 g/mol. The molecular formula is C13H10N2O2. The number of nitrogens with one attached hydrogen (secondary N) is 1. The molecule has 3 rings (SSSR count). The highest BCUT2D eigenvalue weighted by Gasteiger charge is 2.01. The van der Waals surface area contributed by atoms with E-state index in [4.69, 9.17) is 4.42 Å². The van der Waals surface area contributed by atoms with Crippen molar-refractivity contribution in [2.45, 2.75) is 0 Å². The molecule has 2 heterocycles. The van der Waals surface area contributed by atoms with Crippen LogP contribution < -0.4 is 15.9 Å². The van der Waals surface area contributed by atoms with Crippen LogP contribution in [-0.2, 0) is 0 Å². The van der Waals surface area contributed by atoms with Crippen molar-refractivity contribution in [2.75, 3.05) is 0 Å². The first-order valence-electron chi connectivity index (χ1n) is 5.21. The summed E-state index contributed by atoms with van der Waals surface area (Å²) in [6.45, 7) is 0. The Balaban J connectivity index is 2.07. The molecule has 0 saturated carbocycles. The molecule has 2 aromatic rings. The number of benzene rings is 1. The van der Waals surface area contributed by atoms with E-state index in [1.165, 1.54) is 0 Å². The van der Waals surface area contributed by atoms with Gasteiger partial charge in [-0.3, -0.25) is 0 Å². The van der Waals surface area contributed by atoms with Gasteiger partial charge in [0.05, 0.1) is 11.6 Å². The van der Waals surface area contributed by atoms with Crippen LogP contribution >= 0.6 is 0 Å². The van der Waals surface area contributed by atoms with Gasteiger partial charge in [0.1, 0.15) is 17.3 Å². The smallest absolute Gasteiger partial charge is 0.134 e. The highest BCUT2D eigenvalue weighted by Crippen LogP contribution is 2.07. The second-order valence-corrected chi connectivity index (χ2v) is 3.69. The summed E-state index contributed by atoms with van der Waals surface area (Å²) in [5, 5.41) is 14.1. The number of phenolic OH excluding ortho intramolecular Hbond substituents is 1. The van der Waals surface area contributed by atoms with E-state index < -0.39 is 0 Å². The number of fused-ring (bicyclic) bond motifs is 1. The minimum Gasteiger partial charge on any atom is -0.508 e. The van der Waals surface area contributed by atoms with Crippen molar-refractivity contribution in [1.29, 1.82) is 0 Å². The third-order valence-electron chi connectivity index (χ3n) is 2.45. The zero-order chi connectivity index (χ0) is 11.7. The maximum absolute atomic E-state index is 9.34. The van der Waals surface area contributed by atoms with Crippen LogP contribution in [0.2, 0.25) is 0 Å². The van der Waals surface area contributed by atoms with Gasteiger partial charge in [-0.1, -0.05) is 0 Å². The first kappa shape index (κ1) is 9.72. The standard InChI is InChI=1S/C13H10N2O2/c16-10-3-4-12-9(6-10)8-14-13(15-12)7-11-2-1-5-17-11/h1-8,14,16H. The monoisotopic (exact) mass is 226 g/mol. The molecule has 1 aliphatic heterocycles. The van der Waals surface area contributed by atoms with Crippen LogP contribution in [0.1, 0.15) is 5.76 Å². The molecular weight excluding hydrogens is 216 g/mol. The van der Waals surface area contributed by atoms with Gasteiger partial charge in [-0.25, -0.2) is 4.99 Å². The summed E-state index contributed by atoms with van der Waals surface area (Å²) in [5.41, 5.74) is 0. The van der Waals surface area contributed by atoms with Gasteiger partial charge in [-0.15, -0.1) is 0 Å². The molecule has 0 bridgehead atoms. The highest BCUT2D eigenvalue weighted by molar-refractivity contribution is 5.49. The van der Waals surface area contributed by atoms with Crippen molar-refractivity contribution in [3.05, 3.63) is 58.8 Å². The zero-order valence-corrected chi connectivity index (χ0v) is 8.92. The van der Waals surface area contributed by atoms with E-state index in [0.717, 1.165) is 16.3 Å². The lowest BCUT2D eigenvalue weighted by molar-refractivity contribution is 0.474. The van der Waals surface area contributed by atoms with Gasteiger partial charge in [-0.2, -0.15) is 0 Å². The largest absolute Gasteiger partial charge is 0.508 e. The summed E-state index contributed by atoms with van der Waals surface area (Å²) in [4.78, 5) is 4.41. The molecule has 0 spiro atoms. The second kappa shape index (κ2) is 3.83. The number of furan rings is 1. The summed E-state index contributed by atoms with van der Waals surface area (Å²) in [6, 6.07) is 8.74. The van der Waals surface area contributed by atoms with E-state index in [1.54, 1.807) is 30.7 Å². The molecule has 17 heavy (non-hydrogen) atoms. The fourth-order valence-electron chi connectivity index (χ4n) is 1.66. The summed E-state index contributed by atoms with van der Waals surface area (Å²) < 4.78 is 5.21. The summed E-state index contributed by atoms with van der Waals surface area (Å²) in [5.74, 6) is 1.68. The maximum atomic E-state index is 9.34. The van der Waals surface area contributed by atoms with Crippen molar-refractivity contribution in [3.8, 4) is 5.75 Å². The molecule has 0 amide bonds. The van der Waals surface area contributed by atoms with Crippen LogP contribution in [-0.4, -0.2) is 5.11 Å². The van der Waals surface area contributed by atoms with Crippen LogP contribution in [0.15, 0.2) is 51.8 Å². The molecule has 2 N–H and O–H groups in total. The molecule has 0 aliphatic carbocycles. The van der Waals surface area contributed by atoms with Crippen molar-refractivity contribution < 1.29 is 9.52 Å². The predicted molar refractivity (Wildman–Crippen MR) is 63.2 cm³/mol. The fraction of sp³-hybridized carbons (Fsp3) is 0. The van der Waals surface area contributed by atoms with Gasteiger partial charge in [0.15, 0.2) is 0 Å². The highest BCUT2D eigenvalue weighted by atomic mass is 16.3. The molecule has 0 unspecified atom stereocenters. The number of rotatable bonds is 1. The Bertz CT molecular complexity index is 685. The molecule has 1 aliphatic rings. The Hall–Kier alpha value is -2.49. The Morgan fingerprint density at radius 3 is 3.06 bits per heavy atom. The molecule has 84 valence electrons. The predicted octanol–water partition coefficient (Wildman–Crippen LogP) is 0.945. The molecule has 0 fully saturated rings. The summed E-state index contributed by atoms with van der Waals surface area (Å²) in [7, 11) is 0. The van der Waals surface area contributed by atoms with E-state index >= 15 is 0 Å². The van der Waals surface area contributed by atoms with E-state index in [0.29, 0.717) is 5.82 Å². The van der Waals surface area contributed by atoms with Crippen molar-refractivity contribution >= 4 is 12.3 Å². The minimum absolute atomic E-state index is 0.232. The SMILES string of the molecule is Oc1ccc2c(c1)=CNC(=Cc1ccco1)N=2. The first-order chi connectivity index (χ1) is 8.31. The van der Waals surface area contributed by atoms with E-state index in [2.05, 4.69) is 10.3 Å². The van der Waals surface area contributed by atoms with Gasteiger partial charge >= 0.3 is 0 Å². The number of nitrogens with zero attached hydrogens (tertiary/aromatic N) is 1. The summed E-state index contributed by atoms with van der Waals surface area (Å²) in [6.07, 6.45) is 5.23. The van der Waals surface area contributed by atoms with E-state index in [9.17, 15) is 5.11 Å². The number of aromatic hydroxyl groups is 1. The van der Waals surface area contributed by atoms with Crippen LogP contribution in [0.4, 0.5) is 0 Å². The molecule has 4 nitrogen and oxygen atoms in total. The number of hydrogen-bond acceptors (Lipinski definition) is 4. The first-order valence-corrected chi connectivity index (χ1v) is 5.21. The van der Waals surface area contributed by atoms with Crippen molar-refractivity contribution in [1.82, 2.24) is 5.32 Å². The quantitative estimate of drug-likeness (QED) is 0.761. The van der Waals surface area contributed by atoms with Crippen LogP contribution in [0.25, 0.3) is 12.3 Å². The molecule has 0 atom stereocenters. The lowest BCUT2D eigenvalue weighted by Crippen LogP contribution is -2.31. The normalized spacial score (nSPS) is 15.6. The van der Waals surface area contributed by atoms with Crippen molar-refractivity contribution in [3.63, 3.8) is 0 Å². The van der Waals surface area contributed by atoms with Crippen LogP contribution in [0.5, 0.6) is 5.75 Å². The molecule has 4 heteroatoms. The zero-order valence-electron chi connectivity index (χ0n) is 8.92. The Morgan fingerprint density at radius 1 is 1.29 bits per heavy atom. The molecule has 0 radical (unpaired) electrons. The van der Waals surface area contributed by atoms with E-state index in [1.807, 2.05) is 18.2 Å². The van der Waals surface area contributed by atoms with Gasteiger partial charge in [-0.05, 0) is 30.3 Å². The second-order valence-electron chi connectivity index (χ2n) is 3.69.